The van der Waals surface area contributed by atoms with Crippen molar-refractivity contribution >= 4 is 17.3 Å². The summed E-state index contributed by atoms with van der Waals surface area (Å²) in [6.45, 7) is 2.70. The SMILES string of the molecule is CN(CC1CCCNC1)c1ccc(C(N)=O)cc1[N+](=O)[O-]. The van der Waals surface area contributed by atoms with Crippen LogP contribution in [0, 0.1) is 16.0 Å². The lowest BCUT2D eigenvalue weighted by Gasteiger charge is -2.28. The number of hydrogen-bond donors (Lipinski definition) is 2. The predicted molar refractivity (Wildman–Crippen MR) is 80.5 cm³/mol. The Balaban J connectivity index is 2.20. The van der Waals surface area contributed by atoms with Crippen molar-refractivity contribution in [2.24, 2.45) is 11.7 Å². The van der Waals surface area contributed by atoms with Crippen LogP contribution in [0.3, 0.4) is 0 Å². The van der Waals surface area contributed by atoms with E-state index in [4.69, 9.17) is 5.73 Å². The Labute approximate surface area is 123 Å². The summed E-state index contributed by atoms with van der Waals surface area (Å²) in [5.41, 5.74) is 5.75. The molecule has 1 aliphatic heterocycles. The van der Waals surface area contributed by atoms with Crippen LogP contribution in [0.15, 0.2) is 18.2 Å². The summed E-state index contributed by atoms with van der Waals surface area (Å²) >= 11 is 0. The van der Waals surface area contributed by atoms with Crippen molar-refractivity contribution in [2.75, 3.05) is 31.6 Å². The van der Waals surface area contributed by atoms with Gasteiger partial charge in [0.1, 0.15) is 5.69 Å². The second-order valence-corrected chi connectivity index (χ2v) is 5.42. The lowest BCUT2D eigenvalue weighted by atomic mass is 9.99. The summed E-state index contributed by atoms with van der Waals surface area (Å²) in [6.07, 6.45) is 2.24. The van der Waals surface area contributed by atoms with Crippen LogP contribution in [-0.2, 0) is 0 Å². The average molecular weight is 292 g/mol. The molecule has 114 valence electrons. The van der Waals surface area contributed by atoms with E-state index in [1.807, 2.05) is 11.9 Å². The summed E-state index contributed by atoms with van der Waals surface area (Å²) in [4.78, 5) is 23.8. The molecule has 0 aromatic heterocycles. The highest BCUT2D eigenvalue weighted by atomic mass is 16.6. The van der Waals surface area contributed by atoms with E-state index >= 15 is 0 Å². The van der Waals surface area contributed by atoms with Crippen molar-refractivity contribution in [3.05, 3.63) is 33.9 Å². The largest absolute Gasteiger partial charge is 0.369 e. The zero-order chi connectivity index (χ0) is 15.4. The van der Waals surface area contributed by atoms with Crippen molar-refractivity contribution < 1.29 is 9.72 Å². The summed E-state index contributed by atoms with van der Waals surface area (Å²) in [6, 6.07) is 4.36. The number of nitro benzene ring substituents is 1. The van der Waals surface area contributed by atoms with Crippen LogP contribution in [0.2, 0.25) is 0 Å². The molecule has 1 saturated heterocycles. The number of piperidine rings is 1. The minimum absolute atomic E-state index is 0.0856. The molecule has 0 bridgehead atoms. The van der Waals surface area contributed by atoms with Crippen LogP contribution >= 0.6 is 0 Å². The van der Waals surface area contributed by atoms with Crippen LogP contribution in [-0.4, -0.2) is 37.5 Å². The van der Waals surface area contributed by atoms with E-state index in [0.29, 0.717) is 11.6 Å². The maximum atomic E-state index is 11.2. The highest BCUT2D eigenvalue weighted by Gasteiger charge is 2.22. The number of carbonyl (C=O) groups excluding carboxylic acids is 1. The van der Waals surface area contributed by atoms with E-state index in [2.05, 4.69) is 5.32 Å². The molecule has 0 radical (unpaired) electrons. The Morgan fingerprint density at radius 3 is 2.90 bits per heavy atom. The standard InChI is InChI=1S/C14H20N4O3/c1-17(9-10-3-2-6-16-8-10)12-5-4-11(14(15)19)7-13(12)18(20)21/h4-5,7,10,16H,2-3,6,8-9H2,1H3,(H2,15,19). The zero-order valence-corrected chi connectivity index (χ0v) is 12.0. The van der Waals surface area contributed by atoms with Crippen molar-refractivity contribution in [3.63, 3.8) is 0 Å². The summed E-state index contributed by atoms with van der Waals surface area (Å²) in [5.74, 6) is -0.192. The Morgan fingerprint density at radius 1 is 1.57 bits per heavy atom. The summed E-state index contributed by atoms with van der Waals surface area (Å²) in [7, 11) is 1.83. The second kappa shape index (κ2) is 6.53. The summed E-state index contributed by atoms with van der Waals surface area (Å²) < 4.78 is 0. The maximum Gasteiger partial charge on any atom is 0.293 e. The van der Waals surface area contributed by atoms with Crippen molar-refractivity contribution in [1.82, 2.24) is 5.32 Å². The van der Waals surface area contributed by atoms with E-state index in [0.717, 1.165) is 32.5 Å². The number of carbonyl (C=O) groups is 1. The molecule has 2 rings (SSSR count). The van der Waals surface area contributed by atoms with Gasteiger partial charge < -0.3 is 16.0 Å². The zero-order valence-electron chi connectivity index (χ0n) is 12.0. The van der Waals surface area contributed by atoms with Gasteiger partial charge in [-0.25, -0.2) is 0 Å². The first-order chi connectivity index (χ1) is 9.99. The second-order valence-electron chi connectivity index (χ2n) is 5.42. The first-order valence-electron chi connectivity index (χ1n) is 6.99. The molecule has 0 aliphatic carbocycles. The Morgan fingerprint density at radius 2 is 2.33 bits per heavy atom. The van der Waals surface area contributed by atoms with Gasteiger partial charge in [0.2, 0.25) is 5.91 Å². The van der Waals surface area contributed by atoms with Crippen LogP contribution in [0.1, 0.15) is 23.2 Å². The van der Waals surface area contributed by atoms with Gasteiger partial charge in [0.25, 0.3) is 5.69 Å². The Hall–Kier alpha value is -2.15. The minimum Gasteiger partial charge on any atom is -0.369 e. The van der Waals surface area contributed by atoms with E-state index < -0.39 is 10.8 Å². The third kappa shape index (κ3) is 3.69. The molecule has 1 fully saturated rings. The molecular formula is C14H20N4O3. The van der Waals surface area contributed by atoms with Crippen LogP contribution in [0.25, 0.3) is 0 Å². The van der Waals surface area contributed by atoms with E-state index in [1.165, 1.54) is 12.1 Å². The first kappa shape index (κ1) is 15.2. The van der Waals surface area contributed by atoms with Gasteiger partial charge in [0.15, 0.2) is 0 Å². The number of amides is 1. The van der Waals surface area contributed by atoms with Crippen molar-refractivity contribution in [1.29, 1.82) is 0 Å². The summed E-state index contributed by atoms with van der Waals surface area (Å²) in [5, 5.41) is 14.5. The van der Waals surface area contributed by atoms with E-state index in [9.17, 15) is 14.9 Å². The van der Waals surface area contributed by atoms with E-state index in [1.54, 1.807) is 6.07 Å². The molecule has 7 nitrogen and oxygen atoms in total. The molecule has 1 aliphatic rings. The van der Waals surface area contributed by atoms with Gasteiger partial charge >= 0.3 is 0 Å². The molecule has 1 unspecified atom stereocenters. The van der Waals surface area contributed by atoms with Crippen LogP contribution in [0.5, 0.6) is 0 Å². The normalized spacial score (nSPS) is 18.2. The molecule has 1 amide bonds. The van der Waals surface area contributed by atoms with Gasteiger partial charge in [-0.1, -0.05) is 0 Å². The van der Waals surface area contributed by atoms with Crippen LogP contribution < -0.4 is 16.0 Å². The van der Waals surface area contributed by atoms with Crippen molar-refractivity contribution in [3.8, 4) is 0 Å². The Bertz CT molecular complexity index is 541. The lowest BCUT2D eigenvalue weighted by Crippen LogP contribution is -2.37. The molecule has 1 aromatic carbocycles. The topological polar surface area (TPSA) is 102 Å². The third-order valence-electron chi connectivity index (χ3n) is 3.80. The number of anilines is 1. The first-order valence-corrected chi connectivity index (χ1v) is 6.99. The molecule has 3 N–H and O–H groups in total. The van der Waals surface area contributed by atoms with Crippen molar-refractivity contribution in [2.45, 2.75) is 12.8 Å². The highest BCUT2D eigenvalue weighted by molar-refractivity contribution is 5.94. The molecule has 1 atom stereocenters. The lowest BCUT2D eigenvalue weighted by molar-refractivity contribution is -0.384. The number of primary amides is 1. The fraction of sp³-hybridized carbons (Fsp3) is 0.500. The number of benzene rings is 1. The number of nitrogens with one attached hydrogen (secondary N) is 1. The number of nitrogens with two attached hydrogens (primary N) is 1. The quantitative estimate of drug-likeness (QED) is 0.625. The molecule has 21 heavy (non-hydrogen) atoms. The Kier molecular flexibility index (Phi) is 4.74. The average Bonchev–Trinajstić information content (AvgIpc) is 2.47. The number of rotatable bonds is 5. The van der Waals surface area contributed by atoms with Gasteiger partial charge in [-0.05, 0) is 44.0 Å². The van der Waals surface area contributed by atoms with E-state index in [-0.39, 0.29) is 11.3 Å². The number of hydrogen-bond acceptors (Lipinski definition) is 5. The molecular weight excluding hydrogens is 272 g/mol. The number of nitro groups is 1. The molecule has 7 heteroatoms. The number of nitrogens with zero attached hydrogens (tertiary/aromatic N) is 2. The highest BCUT2D eigenvalue weighted by Crippen LogP contribution is 2.29. The molecule has 1 aromatic rings. The molecule has 0 spiro atoms. The molecule has 0 saturated carbocycles. The smallest absolute Gasteiger partial charge is 0.293 e. The minimum atomic E-state index is -0.663. The molecule has 1 heterocycles. The van der Waals surface area contributed by atoms with Gasteiger partial charge in [-0.3, -0.25) is 14.9 Å². The van der Waals surface area contributed by atoms with Gasteiger partial charge in [-0.15, -0.1) is 0 Å². The predicted octanol–water partition coefficient (Wildman–Crippen LogP) is 1.13. The van der Waals surface area contributed by atoms with Gasteiger partial charge in [0.05, 0.1) is 4.92 Å². The monoisotopic (exact) mass is 292 g/mol. The fourth-order valence-electron chi connectivity index (χ4n) is 2.71. The van der Waals surface area contributed by atoms with Crippen LogP contribution in [0.4, 0.5) is 11.4 Å². The maximum absolute atomic E-state index is 11.2. The third-order valence-corrected chi connectivity index (χ3v) is 3.80. The van der Waals surface area contributed by atoms with Gasteiger partial charge in [0, 0.05) is 25.2 Å². The van der Waals surface area contributed by atoms with Gasteiger partial charge in [-0.2, -0.15) is 0 Å². The fourth-order valence-corrected chi connectivity index (χ4v) is 2.71.